The van der Waals surface area contributed by atoms with Crippen LogP contribution in [0, 0.1) is 0 Å². The molecule has 0 aromatic heterocycles. The highest BCUT2D eigenvalue weighted by Gasteiger charge is 2.25. The smallest absolute Gasteiger partial charge is 0.000467 e. The van der Waals surface area contributed by atoms with E-state index < -0.39 is 0 Å². The van der Waals surface area contributed by atoms with E-state index in [-0.39, 0.29) is 0 Å². The quantitative estimate of drug-likeness (QED) is 0.827. The van der Waals surface area contributed by atoms with E-state index in [0.717, 1.165) is 25.8 Å². The molecule has 100 valence electrons. The van der Waals surface area contributed by atoms with Crippen molar-refractivity contribution in [3.8, 4) is 11.1 Å². The molecule has 2 aromatic rings. The highest BCUT2D eigenvalue weighted by atomic mass is 14.6. The van der Waals surface area contributed by atoms with Gasteiger partial charge in [-0.3, -0.25) is 0 Å². The van der Waals surface area contributed by atoms with E-state index in [9.17, 15) is 0 Å². The Morgan fingerprint density at radius 1 is 1.00 bits per heavy atom. The van der Waals surface area contributed by atoms with Gasteiger partial charge in [-0.05, 0) is 59.2 Å². The molecule has 1 unspecified atom stereocenters. The van der Waals surface area contributed by atoms with Crippen molar-refractivity contribution in [2.75, 3.05) is 6.54 Å². The first kappa shape index (κ1) is 11.9. The van der Waals surface area contributed by atoms with Gasteiger partial charge >= 0.3 is 0 Å². The molecule has 2 aliphatic carbocycles. The number of nitrogens with two attached hydrogens (primary N) is 1. The molecule has 0 fully saturated rings. The van der Waals surface area contributed by atoms with Crippen molar-refractivity contribution in [3.63, 3.8) is 0 Å². The second-order valence-corrected chi connectivity index (χ2v) is 5.82. The highest BCUT2D eigenvalue weighted by molar-refractivity contribution is 5.77. The second-order valence-electron chi connectivity index (χ2n) is 5.82. The molecular weight excluding hydrogens is 242 g/mol. The fourth-order valence-electron chi connectivity index (χ4n) is 3.78. The van der Waals surface area contributed by atoms with E-state index >= 15 is 0 Å². The fraction of sp³-hybridized carbons (Fsp3) is 0.263. The summed E-state index contributed by atoms with van der Waals surface area (Å²) in [6.07, 6.45) is 7.92. The number of benzene rings is 2. The maximum Gasteiger partial charge on any atom is 0.000467 e. The Hall–Kier alpha value is -1.86. The normalized spacial score (nSPS) is 19.1. The van der Waals surface area contributed by atoms with Crippen LogP contribution in [-0.4, -0.2) is 6.54 Å². The summed E-state index contributed by atoms with van der Waals surface area (Å²) in [5.74, 6) is 0.496. The third-order valence-electron chi connectivity index (χ3n) is 4.75. The number of aryl methyl sites for hydroxylation is 1. The Labute approximate surface area is 120 Å². The average molecular weight is 261 g/mol. The van der Waals surface area contributed by atoms with Crippen LogP contribution in [0.3, 0.4) is 0 Å². The summed E-state index contributed by atoms with van der Waals surface area (Å²) in [4.78, 5) is 0. The lowest BCUT2D eigenvalue weighted by Crippen LogP contribution is -2.19. The molecule has 0 amide bonds. The molecule has 2 aromatic carbocycles. The molecule has 20 heavy (non-hydrogen) atoms. The summed E-state index contributed by atoms with van der Waals surface area (Å²) in [5.41, 5.74) is 14.8. The topological polar surface area (TPSA) is 26.0 Å². The van der Waals surface area contributed by atoms with E-state index in [4.69, 9.17) is 5.73 Å². The van der Waals surface area contributed by atoms with Gasteiger partial charge in [-0.25, -0.2) is 0 Å². The van der Waals surface area contributed by atoms with E-state index in [1.54, 1.807) is 5.56 Å². The maximum atomic E-state index is 6.01. The highest BCUT2D eigenvalue weighted by Crippen LogP contribution is 2.41. The largest absolute Gasteiger partial charge is 0.330 e. The molecular formula is C19H19N. The van der Waals surface area contributed by atoms with Crippen molar-refractivity contribution in [2.45, 2.75) is 25.2 Å². The van der Waals surface area contributed by atoms with E-state index in [0.29, 0.717) is 5.92 Å². The van der Waals surface area contributed by atoms with Gasteiger partial charge in [-0.15, -0.1) is 0 Å². The molecule has 0 heterocycles. The van der Waals surface area contributed by atoms with Gasteiger partial charge in [0.15, 0.2) is 0 Å². The van der Waals surface area contributed by atoms with Crippen LogP contribution < -0.4 is 5.73 Å². The number of fused-ring (bicyclic) bond motifs is 5. The van der Waals surface area contributed by atoms with Gasteiger partial charge in [-0.2, -0.15) is 0 Å². The Kier molecular flexibility index (Phi) is 2.75. The summed E-state index contributed by atoms with van der Waals surface area (Å²) in [6, 6.07) is 13.4. The molecule has 1 heteroatoms. The summed E-state index contributed by atoms with van der Waals surface area (Å²) in [6.45, 7) is 0.745. The van der Waals surface area contributed by atoms with Crippen LogP contribution in [0.2, 0.25) is 0 Å². The molecule has 2 aliphatic rings. The molecule has 1 atom stereocenters. The predicted molar refractivity (Wildman–Crippen MR) is 84.7 cm³/mol. The van der Waals surface area contributed by atoms with Crippen molar-refractivity contribution >= 4 is 6.08 Å². The van der Waals surface area contributed by atoms with Gasteiger partial charge in [0.05, 0.1) is 0 Å². The monoisotopic (exact) mass is 261 g/mol. The number of hydrogen-bond donors (Lipinski definition) is 1. The van der Waals surface area contributed by atoms with Crippen molar-refractivity contribution in [1.29, 1.82) is 0 Å². The second kappa shape index (κ2) is 4.60. The molecule has 4 rings (SSSR count). The van der Waals surface area contributed by atoms with Crippen LogP contribution in [0.1, 0.15) is 34.6 Å². The molecule has 0 bridgehead atoms. The van der Waals surface area contributed by atoms with Crippen LogP contribution in [0.25, 0.3) is 17.2 Å². The van der Waals surface area contributed by atoms with Crippen molar-refractivity contribution in [3.05, 3.63) is 64.7 Å². The van der Waals surface area contributed by atoms with Gasteiger partial charge in [0.2, 0.25) is 0 Å². The summed E-state index contributed by atoms with van der Waals surface area (Å²) >= 11 is 0. The van der Waals surface area contributed by atoms with Crippen molar-refractivity contribution in [1.82, 2.24) is 0 Å². The first-order valence-electron chi connectivity index (χ1n) is 7.49. The van der Waals surface area contributed by atoms with Gasteiger partial charge in [0, 0.05) is 5.92 Å². The van der Waals surface area contributed by atoms with Gasteiger partial charge in [0.25, 0.3) is 0 Å². The summed E-state index contributed by atoms with van der Waals surface area (Å²) < 4.78 is 0. The van der Waals surface area contributed by atoms with Gasteiger partial charge in [0.1, 0.15) is 0 Å². The van der Waals surface area contributed by atoms with Crippen LogP contribution in [0.15, 0.2) is 42.5 Å². The summed E-state index contributed by atoms with van der Waals surface area (Å²) in [7, 11) is 0. The van der Waals surface area contributed by atoms with Gasteiger partial charge < -0.3 is 5.73 Å². The minimum Gasteiger partial charge on any atom is -0.330 e. The Bertz CT molecular complexity index is 697. The van der Waals surface area contributed by atoms with Crippen LogP contribution in [0.5, 0.6) is 0 Å². The van der Waals surface area contributed by atoms with Crippen LogP contribution in [-0.2, 0) is 12.8 Å². The molecule has 0 radical (unpaired) electrons. The lowest BCUT2D eigenvalue weighted by atomic mass is 9.76. The fourth-order valence-corrected chi connectivity index (χ4v) is 3.78. The van der Waals surface area contributed by atoms with E-state index in [1.807, 2.05) is 0 Å². The average Bonchev–Trinajstić information content (AvgIpc) is 2.53. The third-order valence-corrected chi connectivity index (χ3v) is 4.75. The number of hydrogen-bond acceptors (Lipinski definition) is 1. The first-order valence-corrected chi connectivity index (χ1v) is 7.49. The Morgan fingerprint density at radius 3 is 2.80 bits per heavy atom. The molecule has 1 nitrogen and oxygen atoms in total. The molecule has 0 aliphatic heterocycles. The van der Waals surface area contributed by atoms with E-state index in [2.05, 4.69) is 48.6 Å². The van der Waals surface area contributed by atoms with Crippen LogP contribution in [0.4, 0.5) is 0 Å². The summed E-state index contributed by atoms with van der Waals surface area (Å²) in [5, 5.41) is 0. The molecule has 2 N–H and O–H groups in total. The number of allylic oxidation sites excluding steroid dienone is 1. The van der Waals surface area contributed by atoms with Crippen molar-refractivity contribution in [2.24, 2.45) is 5.73 Å². The minimum atomic E-state index is 0.496. The van der Waals surface area contributed by atoms with Crippen LogP contribution >= 0.6 is 0 Å². The third kappa shape index (κ3) is 1.66. The number of rotatable bonds is 1. The maximum absolute atomic E-state index is 6.01. The first-order chi connectivity index (χ1) is 9.88. The molecule has 0 spiro atoms. The lowest BCUT2D eigenvalue weighted by molar-refractivity contribution is 0.690. The Morgan fingerprint density at radius 2 is 1.90 bits per heavy atom. The predicted octanol–water partition coefficient (Wildman–Crippen LogP) is 3.91. The zero-order valence-electron chi connectivity index (χ0n) is 11.6. The zero-order chi connectivity index (χ0) is 13.5. The standard InChI is InChI=1S/C19H19N/c20-12-15-6-3-5-14-9-10-17-16-7-2-1-4-13(16)8-11-18(17)19(14)15/h1-5,7,9-10,15H,6,8,11-12,20H2. The molecule has 0 saturated carbocycles. The SMILES string of the molecule is NCC1CC=Cc2ccc3c(c21)CCc1ccccc1-3. The Balaban J connectivity index is 1.97. The van der Waals surface area contributed by atoms with Crippen molar-refractivity contribution < 1.29 is 0 Å². The lowest BCUT2D eigenvalue weighted by Gasteiger charge is -2.29. The van der Waals surface area contributed by atoms with E-state index in [1.165, 1.54) is 27.8 Å². The van der Waals surface area contributed by atoms with Gasteiger partial charge in [-0.1, -0.05) is 48.6 Å². The zero-order valence-corrected chi connectivity index (χ0v) is 11.6. The molecule has 0 saturated heterocycles. The minimum absolute atomic E-state index is 0.496.